The Labute approximate surface area is 92.6 Å². The van der Waals surface area contributed by atoms with Crippen molar-refractivity contribution < 1.29 is 4.79 Å². The highest BCUT2D eigenvalue weighted by Crippen LogP contribution is 2.19. The van der Waals surface area contributed by atoms with Gasteiger partial charge >= 0.3 is 0 Å². The summed E-state index contributed by atoms with van der Waals surface area (Å²) in [6, 6.07) is 0. The van der Waals surface area contributed by atoms with E-state index in [-0.39, 0.29) is 5.91 Å². The van der Waals surface area contributed by atoms with Crippen molar-refractivity contribution in [3.05, 3.63) is 6.33 Å². The van der Waals surface area contributed by atoms with Gasteiger partial charge in [-0.2, -0.15) is 0 Å². The highest BCUT2D eigenvalue weighted by Gasteiger charge is 2.29. The van der Waals surface area contributed by atoms with Crippen molar-refractivity contribution >= 4 is 17.7 Å². The van der Waals surface area contributed by atoms with Crippen molar-refractivity contribution in [2.45, 2.75) is 17.6 Å². The second kappa shape index (κ2) is 4.63. The molecule has 3 N–H and O–H groups in total. The van der Waals surface area contributed by atoms with E-state index in [2.05, 4.69) is 15.5 Å². The molecule has 1 heterocycles. The monoisotopic (exact) mass is 229 g/mol. The molecule has 0 aliphatic heterocycles. The molecule has 0 saturated heterocycles. The van der Waals surface area contributed by atoms with Gasteiger partial charge in [0.15, 0.2) is 5.16 Å². The predicted molar refractivity (Wildman–Crippen MR) is 58.4 cm³/mol. The van der Waals surface area contributed by atoms with E-state index in [0.29, 0.717) is 5.75 Å². The zero-order valence-electron chi connectivity index (χ0n) is 9.02. The fraction of sp³-hybridized carbons (Fsp3) is 0.625. The van der Waals surface area contributed by atoms with Crippen LogP contribution in [0.3, 0.4) is 0 Å². The number of primary amides is 1. The first-order valence-corrected chi connectivity index (χ1v) is 5.44. The van der Waals surface area contributed by atoms with Gasteiger partial charge in [0.1, 0.15) is 11.9 Å². The van der Waals surface area contributed by atoms with E-state index in [1.54, 1.807) is 24.9 Å². The number of nitrogens with two attached hydrogens (primary N) is 1. The summed E-state index contributed by atoms with van der Waals surface area (Å²) in [7, 11) is 3.56. The van der Waals surface area contributed by atoms with E-state index < -0.39 is 5.54 Å². The predicted octanol–water partition coefficient (Wildman–Crippen LogP) is -0.629. The van der Waals surface area contributed by atoms with Crippen molar-refractivity contribution in [2.75, 3.05) is 12.8 Å². The summed E-state index contributed by atoms with van der Waals surface area (Å²) in [6.07, 6.45) is 1.61. The standard InChI is InChI=1S/C8H15N5OS/c1-8(10-2,6(9)14)4-15-7-12-11-5-13(7)3/h5,10H,4H2,1-3H3,(H2,9,14). The van der Waals surface area contributed by atoms with E-state index in [1.807, 2.05) is 7.05 Å². The van der Waals surface area contributed by atoms with E-state index in [4.69, 9.17) is 5.73 Å². The second-order valence-electron chi connectivity index (χ2n) is 3.46. The molecule has 1 aromatic heterocycles. The molecule has 0 aliphatic carbocycles. The fourth-order valence-electron chi connectivity index (χ4n) is 0.879. The van der Waals surface area contributed by atoms with Gasteiger partial charge in [-0.15, -0.1) is 10.2 Å². The average molecular weight is 229 g/mol. The number of hydrogen-bond acceptors (Lipinski definition) is 5. The van der Waals surface area contributed by atoms with Gasteiger partial charge in [-0.3, -0.25) is 4.79 Å². The van der Waals surface area contributed by atoms with E-state index in [9.17, 15) is 4.79 Å². The number of nitrogens with zero attached hydrogens (tertiary/aromatic N) is 3. The SMILES string of the molecule is CNC(C)(CSc1nncn1C)C(N)=O. The molecule has 7 heteroatoms. The molecule has 0 saturated carbocycles. The van der Waals surface area contributed by atoms with Gasteiger partial charge in [-0.1, -0.05) is 11.8 Å². The zero-order chi connectivity index (χ0) is 11.5. The number of amides is 1. The van der Waals surface area contributed by atoms with Gasteiger partial charge in [0, 0.05) is 12.8 Å². The van der Waals surface area contributed by atoms with E-state index >= 15 is 0 Å². The third-order valence-corrected chi connectivity index (χ3v) is 3.60. The number of nitrogens with one attached hydrogen (secondary N) is 1. The molecular weight excluding hydrogens is 214 g/mol. The minimum Gasteiger partial charge on any atom is -0.368 e. The first-order valence-electron chi connectivity index (χ1n) is 4.45. The van der Waals surface area contributed by atoms with Crippen LogP contribution in [-0.2, 0) is 11.8 Å². The van der Waals surface area contributed by atoms with Crippen molar-refractivity contribution in [1.29, 1.82) is 0 Å². The topological polar surface area (TPSA) is 85.8 Å². The molecule has 15 heavy (non-hydrogen) atoms. The van der Waals surface area contributed by atoms with Crippen molar-refractivity contribution in [3.8, 4) is 0 Å². The van der Waals surface area contributed by atoms with E-state index in [0.717, 1.165) is 5.16 Å². The molecule has 6 nitrogen and oxygen atoms in total. The first-order chi connectivity index (χ1) is 6.99. The Morgan fingerprint density at radius 3 is 2.87 bits per heavy atom. The molecule has 1 unspecified atom stereocenters. The third-order valence-electron chi connectivity index (χ3n) is 2.26. The number of rotatable bonds is 5. The molecule has 84 valence electrons. The molecule has 1 rings (SSSR count). The number of aromatic nitrogens is 3. The first kappa shape index (κ1) is 12.0. The third kappa shape index (κ3) is 2.69. The minimum atomic E-state index is -0.726. The van der Waals surface area contributed by atoms with Crippen LogP contribution in [0.1, 0.15) is 6.92 Å². The highest BCUT2D eigenvalue weighted by molar-refractivity contribution is 7.99. The van der Waals surface area contributed by atoms with Crippen LogP contribution in [0.4, 0.5) is 0 Å². The summed E-state index contributed by atoms with van der Waals surface area (Å²) in [5, 5.41) is 11.3. The van der Waals surface area contributed by atoms with Gasteiger partial charge in [0.25, 0.3) is 0 Å². The molecule has 1 atom stereocenters. The minimum absolute atomic E-state index is 0.375. The molecule has 0 aliphatic rings. The summed E-state index contributed by atoms with van der Waals surface area (Å²) in [5.74, 6) is 0.144. The number of hydrogen-bond donors (Lipinski definition) is 2. The van der Waals surface area contributed by atoms with Gasteiger partial charge in [-0.25, -0.2) is 0 Å². The summed E-state index contributed by atoms with van der Waals surface area (Å²) in [6.45, 7) is 1.76. The summed E-state index contributed by atoms with van der Waals surface area (Å²) < 4.78 is 1.79. The maximum absolute atomic E-state index is 11.2. The van der Waals surface area contributed by atoms with Crippen LogP contribution in [-0.4, -0.2) is 39.0 Å². The zero-order valence-corrected chi connectivity index (χ0v) is 9.84. The van der Waals surface area contributed by atoms with Crippen LogP contribution in [0.15, 0.2) is 11.5 Å². The van der Waals surface area contributed by atoms with Gasteiger partial charge in [0.2, 0.25) is 5.91 Å². The van der Waals surface area contributed by atoms with Gasteiger partial charge in [0.05, 0.1) is 0 Å². The number of thioether (sulfide) groups is 1. The average Bonchev–Trinajstić information content (AvgIpc) is 2.60. The lowest BCUT2D eigenvalue weighted by Gasteiger charge is -2.24. The highest BCUT2D eigenvalue weighted by atomic mass is 32.2. The van der Waals surface area contributed by atoms with Crippen LogP contribution in [0.25, 0.3) is 0 Å². The van der Waals surface area contributed by atoms with Crippen molar-refractivity contribution in [2.24, 2.45) is 12.8 Å². The lowest BCUT2D eigenvalue weighted by Crippen LogP contribution is -2.53. The number of carbonyl (C=O) groups is 1. The van der Waals surface area contributed by atoms with Crippen molar-refractivity contribution in [1.82, 2.24) is 20.1 Å². The van der Waals surface area contributed by atoms with Crippen LogP contribution in [0.5, 0.6) is 0 Å². The Balaban J connectivity index is 2.63. The molecule has 0 aromatic carbocycles. The molecular formula is C8H15N5OS. The molecule has 1 aromatic rings. The Hall–Kier alpha value is -1.08. The lowest BCUT2D eigenvalue weighted by atomic mass is 10.1. The Bertz CT molecular complexity index is 353. The van der Waals surface area contributed by atoms with Gasteiger partial charge in [-0.05, 0) is 14.0 Å². The quantitative estimate of drug-likeness (QED) is 0.657. The summed E-state index contributed by atoms with van der Waals surface area (Å²) in [4.78, 5) is 11.2. The normalized spacial score (nSPS) is 14.9. The van der Waals surface area contributed by atoms with Crippen LogP contribution in [0.2, 0.25) is 0 Å². The number of aryl methyl sites for hydroxylation is 1. The Kier molecular flexibility index (Phi) is 3.70. The maximum Gasteiger partial charge on any atom is 0.238 e. The molecule has 1 amide bonds. The molecule has 0 bridgehead atoms. The summed E-state index contributed by atoms with van der Waals surface area (Å²) in [5.41, 5.74) is 4.58. The van der Waals surface area contributed by atoms with Gasteiger partial charge < -0.3 is 15.6 Å². The van der Waals surface area contributed by atoms with E-state index in [1.165, 1.54) is 11.8 Å². The van der Waals surface area contributed by atoms with Crippen LogP contribution in [0, 0.1) is 0 Å². The Morgan fingerprint density at radius 2 is 2.47 bits per heavy atom. The van der Waals surface area contributed by atoms with Crippen LogP contribution >= 0.6 is 11.8 Å². The Morgan fingerprint density at radius 1 is 1.80 bits per heavy atom. The lowest BCUT2D eigenvalue weighted by molar-refractivity contribution is -0.122. The maximum atomic E-state index is 11.2. The smallest absolute Gasteiger partial charge is 0.238 e. The van der Waals surface area contributed by atoms with Crippen molar-refractivity contribution in [3.63, 3.8) is 0 Å². The second-order valence-corrected chi connectivity index (χ2v) is 4.40. The molecule has 0 fully saturated rings. The molecule has 0 radical (unpaired) electrons. The number of likely N-dealkylation sites (N-methyl/N-ethyl adjacent to an activating group) is 1. The number of carbonyl (C=O) groups excluding carboxylic acids is 1. The molecule has 0 spiro atoms. The summed E-state index contributed by atoms with van der Waals surface area (Å²) >= 11 is 1.44. The largest absolute Gasteiger partial charge is 0.368 e. The fourth-order valence-corrected chi connectivity index (χ4v) is 1.94. The van der Waals surface area contributed by atoms with Crippen LogP contribution < -0.4 is 11.1 Å².